The molecule has 0 aliphatic rings. The summed E-state index contributed by atoms with van der Waals surface area (Å²) < 4.78 is 1.60. The van der Waals surface area contributed by atoms with E-state index in [9.17, 15) is 4.79 Å². The average Bonchev–Trinajstić information content (AvgIpc) is 2.80. The molecule has 2 heterocycles. The van der Waals surface area contributed by atoms with Crippen LogP contribution in [-0.4, -0.2) is 43.5 Å². The molecule has 0 N–H and O–H groups in total. The lowest BCUT2D eigenvalue weighted by molar-refractivity contribution is 0.0728. The zero-order valence-electron chi connectivity index (χ0n) is 12.0. The fourth-order valence-electron chi connectivity index (χ4n) is 1.89. The lowest BCUT2D eigenvalue weighted by Crippen LogP contribution is -2.35. The lowest BCUT2D eigenvalue weighted by Gasteiger charge is -2.22. The number of nitrogens with zero attached hydrogens (tertiary/aromatic N) is 5. The van der Waals surface area contributed by atoms with Gasteiger partial charge in [-0.2, -0.15) is 4.98 Å². The maximum absolute atomic E-state index is 12.3. The van der Waals surface area contributed by atoms with Gasteiger partial charge in [0.25, 0.3) is 11.7 Å². The highest BCUT2D eigenvalue weighted by atomic mass is 16.2. The Hall–Kier alpha value is -1.98. The first-order chi connectivity index (χ1) is 8.93. The molecule has 0 saturated carbocycles. The highest BCUT2D eigenvalue weighted by Gasteiger charge is 2.21. The molecule has 6 nitrogen and oxygen atoms in total. The number of amides is 1. The van der Waals surface area contributed by atoms with Crippen LogP contribution in [0.1, 0.15) is 42.3 Å². The van der Waals surface area contributed by atoms with Crippen LogP contribution in [0.15, 0.2) is 6.07 Å². The van der Waals surface area contributed by atoms with Crippen LogP contribution in [0.4, 0.5) is 0 Å². The maximum atomic E-state index is 12.3. The van der Waals surface area contributed by atoms with Crippen LogP contribution < -0.4 is 0 Å². The zero-order chi connectivity index (χ0) is 14.2. The fraction of sp³-hybridized carbons (Fsp3) is 0.538. The van der Waals surface area contributed by atoms with E-state index < -0.39 is 0 Å². The second kappa shape index (κ2) is 4.95. The fourth-order valence-corrected chi connectivity index (χ4v) is 1.89. The third-order valence-electron chi connectivity index (χ3n) is 3.38. The van der Waals surface area contributed by atoms with Gasteiger partial charge in [-0.05, 0) is 33.3 Å². The molecule has 1 amide bonds. The number of carbonyl (C=O) groups is 1. The minimum atomic E-state index is -0.170. The van der Waals surface area contributed by atoms with Gasteiger partial charge in [-0.3, -0.25) is 4.79 Å². The molecule has 0 aromatic carbocycles. The number of rotatable bonds is 3. The first-order valence-corrected chi connectivity index (χ1v) is 6.42. The highest BCUT2D eigenvalue weighted by Crippen LogP contribution is 2.09. The highest BCUT2D eigenvalue weighted by molar-refractivity contribution is 5.90. The monoisotopic (exact) mass is 261 g/mol. The van der Waals surface area contributed by atoms with E-state index in [1.54, 1.807) is 16.5 Å². The summed E-state index contributed by atoms with van der Waals surface area (Å²) in [6.45, 7) is 7.86. The average molecular weight is 261 g/mol. The third kappa shape index (κ3) is 2.43. The third-order valence-corrected chi connectivity index (χ3v) is 3.38. The molecule has 19 heavy (non-hydrogen) atoms. The van der Waals surface area contributed by atoms with Crippen LogP contribution >= 0.6 is 0 Å². The van der Waals surface area contributed by atoms with Crippen molar-refractivity contribution in [3.63, 3.8) is 0 Å². The van der Waals surface area contributed by atoms with E-state index in [1.165, 1.54) is 0 Å². The summed E-state index contributed by atoms with van der Waals surface area (Å²) in [6, 6.07) is 2.07. The van der Waals surface area contributed by atoms with Crippen molar-refractivity contribution in [3.8, 4) is 0 Å². The number of aryl methyl sites for hydroxylation is 2. The van der Waals surface area contributed by atoms with Gasteiger partial charge in [-0.1, -0.05) is 6.92 Å². The molecular weight excluding hydrogens is 242 g/mol. The number of hydrogen-bond acceptors (Lipinski definition) is 4. The zero-order valence-corrected chi connectivity index (χ0v) is 12.0. The van der Waals surface area contributed by atoms with Crippen LogP contribution in [0.25, 0.3) is 5.78 Å². The number of carbonyl (C=O) groups excluding carboxylic acids is 1. The summed E-state index contributed by atoms with van der Waals surface area (Å²) in [7, 11) is 1.77. The molecule has 0 aliphatic heterocycles. The number of fused-ring (bicyclic) bond motifs is 1. The first kappa shape index (κ1) is 13.5. The smallest absolute Gasteiger partial charge is 0.293 e. The van der Waals surface area contributed by atoms with Crippen molar-refractivity contribution in [2.75, 3.05) is 7.05 Å². The molecular formula is C13H19N5O. The standard InChI is InChI=1S/C13H19N5O/c1-6-9(3)17(5)12(19)11-15-13-14-8(2)7-10(4)18(13)16-11/h7,9H,6H2,1-5H3. The largest absolute Gasteiger partial charge is 0.336 e. The summed E-state index contributed by atoms with van der Waals surface area (Å²) in [5.74, 6) is 0.499. The topological polar surface area (TPSA) is 63.4 Å². The first-order valence-electron chi connectivity index (χ1n) is 6.42. The minimum Gasteiger partial charge on any atom is -0.336 e. The summed E-state index contributed by atoms with van der Waals surface area (Å²) in [4.78, 5) is 22.4. The Balaban J connectivity index is 2.41. The van der Waals surface area contributed by atoms with Crippen LogP contribution in [0, 0.1) is 13.8 Å². The molecule has 102 valence electrons. The summed E-state index contributed by atoms with van der Waals surface area (Å²) in [5.41, 5.74) is 1.78. The molecule has 2 aromatic rings. The van der Waals surface area contributed by atoms with Crippen LogP contribution in [0.3, 0.4) is 0 Å². The van der Waals surface area contributed by atoms with Crippen LogP contribution in [0.2, 0.25) is 0 Å². The maximum Gasteiger partial charge on any atom is 0.293 e. The second-order valence-electron chi connectivity index (χ2n) is 4.86. The Kier molecular flexibility index (Phi) is 3.50. The van der Waals surface area contributed by atoms with Gasteiger partial charge in [0.2, 0.25) is 5.82 Å². The van der Waals surface area contributed by atoms with E-state index in [0.717, 1.165) is 17.8 Å². The molecule has 0 fully saturated rings. The van der Waals surface area contributed by atoms with E-state index in [4.69, 9.17) is 0 Å². The van der Waals surface area contributed by atoms with Gasteiger partial charge in [0, 0.05) is 24.5 Å². The van der Waals surface area contributed by atoms with Crippen molar-refractivity contribution in [2.45, 2.75) is 40.2 Å². The van der Waals surface area contributed by atoms with Gasteiger partial charge in [0.05, 0.1) is 0 Å². The van der Waals surface area contributed by atoms with Gasteiger partial charge < -0.3 is 4.90 Å². The predicted molar refractivity (Wildman–Crippen MR) is 72.1 cm³/mol. The van der Waals surface area contributed by atoms with Crippen molar-refractivity contribution < 1.29 is 4.79 Å². The van der Waals surface area contributed by atoms with Crippen molar-refractivity contribution >= 4 is 11.7 Å². The van der Waals surface area contributed by atoms with Crippen molar-refractivity contribution in [2.24, 2.45) is 0 Å². The number of aromatic nitrogens is 4. The van der Waals surface area contributed by atoms with Gasteiger partial charge in [0.1, 0.15) is 0 Å². The van der Waals surface area contributed by atoms with E-state index in [2.05, 4.69) is 15.1 Å². The molecule has 1 atom stereocenters. The SMILES string of the molecule is CCC(C)N(C)C(=O)c1nc2nc(C)cc(C)n2n1. The van der Waals surface area contributed by atoms with E-state index >= 15 is 0 Å². The van der Waals surface area contributed by atoms with Crippen LogP contribution in [-0.2, 0) is 0 Å². The van der Waals surface area contributed by atoms with Crippen molar-refractivity contribution in [1.29, 1.82) is 0 Å². The molecule has 1 unspecified atom stereocenters. The molecule has 0 bridgehead atoms. The van der Waals surface area contributed by atoms with Crippen molar-refractivity contribution in [1.82, 2.24) is 24.5 Å². The van der Waals surface area contributed by atoms with Gasteiger partial charge >= 0.3 is 0 Å². The molecule has 6 heteroatoms. The Morgan fingerprint density at radius 1 is 1.42 bits per heavy atom. The lowest BCUT2D eigenvalue weighted by atomic mass is 10.2. The summed E-state index contributed by atoms with van der Waals surface area (Å²) >= 11 is 0. The van der Waals surface area contributed by atoms with Crippen molar-refractivity contribution in [3.05, 3.63) is 23.3 Å². The van der Waals surface area contributed by atoms with E-state index in [0.29, 0.717) is 5.78 Å². The predicted octanol–water partition coefficient (Wildman–Crippen LogP) is 1.61. The molecule has 2 aromatic heterocycles. The molecule has 0 saturated heterocycles. The number of hydrogen-bond donors (Lipinski definition) is 0. The Bertz CT molecular complexity index is 619. The second-order valence-corrected chi connectivity index (χ2v) is 4.86. The van der Waals surface area contributed by atoms with Gasteiger partial charge in [-0.15, -0.1) is 5.10 Å². The Morgan fingerprint density at radius 2 is 2.11 bits per heavy atom. The van der Waals surface area contributed by atoms with E-state index in [1.807, 2.05) is 33.8 Å². The summed E-state index contributed by atoms with van der Waals surface area (Å²) in [6.07, 6.45) is 0.895. The molecule has 0 radical (unpaired) electrons. The molecule has 0 spiro atoms. The quantitative estimate of drug-likeness (QED) is 0.842. The van der Waals surface area contributed by atoms with E-state index in [-0.39, 0.29) is 17.8 Å². The van der Waals surface area contributed by atoms with Gasteiger partial charge in [0.15, 0.2) is 0 Å². The minimum absolute atomic E-state index is 0.162. The Morgan fingerprint density at radius 3 is 2.74 bits per heavy atom. The van der Waals surface area contributed by atoms with Gasteiger partial charge in [-0.25, -0.2) is 9.50 Å². The Labute approximate surface area is 112 Å². The molecule has 0 aliphatic carbocycles. The molecule has 2 rings (SSSR count). The summed E-state index contributed by atoms with van der Waals surface area (Å²) in [5, 5.41) is 4.24. The normalized spacial score (nSPS) is 12.7. The van der Waals surface area contributed by atoms with Crippen LogP contribution in [0.5, 0.6) is 0 Å².